The molecule has 6 nitrogen and oxygen atoms in total. The normalized spacial score (nSPS) is 18.5. The van der Waals surface area contributed by atoms with Gasteiger partial charge in [-0.2, -0.15) is 9.97 Å². The summed E-state index contributed by atoms with van der Waals surface area (Å²) in [6.45, 7) is 6.65. The fraction of sp³-hybridized carbons (Fsp3) is 0.400. The predicted molar refractivity (Wildman–Crippen MR) is 81.8 cm³/mol. The highest BCUT2D eigenvalue weighted by atomic mass is 16.5. The number of rotatable bonds is 4. The van der Waals surface area contributed by atoms with E-state index in [9.17, 15) is 0 Å². The van der Waals surface area contributed by atoms with Crippen molar-refractivity contribution >= 4 is 17.1 Å². The van der Waals surface area contributed by atoms with Crippen molar-refractivity contribution in [1.29, 1.82) is 0 Å². The van der Waals surface area contributed by atoms with Crippen LogP contribution < -0.4 is 10.5 Å². The molecule has 3 rings (SSSR count). The van der Waals surface area contributed by atoms with Crippen LogP contribution >= 0.6 is 0 Å². The summed E-state index contributed by atoms with van der Waals surface area (Å²) in [5.74, 6) is 1.23. The lowest BCUT2D eigenvalue weighted by Crippen LogP contribution is -2.12. The van der Waals surface area contributed by atoms with Crippen molar-refractivity contribution in [2.45, 2.75) is 26.2 Å². The topological polar surface area (TPSA) is 89.7 Å². The van der Waals surface area contributed by atoms with E-state index in [1.54, 1.807) is 6.33 Å². The summed E-state index contributed by atoms with van der Waals surface area (Å²) in [6, 6.07) is 0. The van der Waals surface area contributed by atoms with Gasteiger partial charge < -0.3 is 15.5 Å². The molecular formula is C15H19N5O. The number of nitrogen functional groups attached to an aromatic ring is 1. The summed E-state index contributed by atoms with van der Waals surface area (Å²) in [7, 11) is 0. The number of aromatic amines is 1. The molecule has 0 aromatic carbocycles. The molecule has 0 saturated carbocycles. The highest BCUT2D eigenvalue weighted by Gasteiger charge is 2.16. The molecule has 2 heterocycles. The molecule has 21 heavy (non-hydrogen) atoms. The van der Waals surface area contributed by atoms with Crippen molar-refractivity contribution < 1.29 is 4.74 Å². The van der Waals surface area contributed by atoms with Gasteiger partial charge in [-0.1, -0.05) is 18.2 Å². The number of nitrogens with zero attached hydrogens (tertiary/aromatic N) is 3. The number of nitrogens with one attached hydrogen (secondary N) is 1. The molecule has 1 aliphatic carbocycles. The van der Waals surface area contributed by atoms with E-state index in [1.165, 1.54) is 11.1 Å². The Morgan fingerprint density at radius 3 is 3.10 bits per heavy atom. The number of hydrogen-bond donors (Lipinski definition) is 2. The molecule has 1 aliphatic rings. The summed E-state index contributed by atoms with van der Waals surface area (Å²) in [6.07, 6.45) is 7.01. The second-order valence-electron chi connectivity index (χ2n) is 5.46. The van der Waals surface area contributed by atoms with E-state index < -0.39 is 0 Å². The third-order valence-corrected chi connectivity index (χ3v) is 3.87. The Balaban J connectivity index is 1.70. The van der Waals surface area contributed by atoms with Gasteiger partial charge in [0.05, 0.1) is 6.33 Å². The van der Waals surface area contributed by atoms with Crippen LogP contribution in [0.25, 0.3) is 11.2 Å². The molecule has 110 valence electrons. The molecule has 6 heteroatoms. The van der Waals surface area contributed by atoms with Crippen molar-refractivity contribution in [3.05, 3.63) is 30.1 Å². The SMILES string of the molecule is C=C(C)[C@H]1CC=C(COc2nc(N)nc3nc[nH]c23)CC1. The maximum absolute atomic E-state index is 5.80. The van der Waals surface area contributed by atoms with Crippen LogP contribution in [0.3, 0.4) is 0 Å². The molecule has 0 bridgehead atoms. The lowest BCUT2D eigenvalue weighted by Gasteiger charge is -2.22. The first kappa shape index (κ1) is 13.6. The monoisotopic (exact) mass is 285 g/mol. The summed E-state index contributed by atoms with van der Waals surface area (Å²) >= 11 is 0. The molecule has 0 radical (unpaired) electrons. The lowest BCUT2D eigenvalue weighted by molar-refractivity contribution is 0.330. The summed E-state index contributed by atoms with van der Waals surface area (Å²) in [5, 5.41) is 0. The van der Waals surface area contributed by atoms with Crippen LogP contribution in [0.15, 0.2) is 30.1 Å². The van der Waals surface area contributed by atoms with Gasteiger partial charge in [0, 0.05) is 0 Å². The second kappa shape index (κ2) is 5.55. The Hall–Kier alpha value is -2.37. The van der Waals surface area contributed by atoms with E-state index in [4.69, 9.17) is 10.5 Å². The number of H-pyrrole nitrogens is 1. The number of ether oxygens (including phenoxy) is 1. The van der Waals surface area contributed by atoms with Gasteiger partial charge in [0.1, 0.15) is 12.1 Å². The van der Waals surface area contributed by atoms with Gasteiger partial charge in [-0.25, -0.2) is 4.98 Å². The number of anilines is 1. The van der Waals surface area contributed by atoms with Crippen LogP contribution in [-0.2, 0) is 0 Å². The van der Waals surface area contributed by atoms with E-state index in [0.29, 0.717) is 29.6 Å². The van der Waals surface area contributed by atoms with Gasteiger partial charge in [-0.05, 0) is 37.7 Å². The van der Waals surface area contributed by atoms with Crippen molar-refractivity contribution in [2.24, 2.45) is 5.92 Å². The molecule has 0 aliphatic heterocycles. The fourth-order valence-electron chi connectivity index (χ4n) is 2.56. The minimum absolute atomic E-state index is 0.171. The molecule has 2 aromatic rings. The molecule has 3 N–H and O–H groups in total. The molecule has 0 fully saturated rings. The smallest absolute Gasteiger partial charge is 0.245 e. The Morgan fingerprint density at radius 1 is 1.52 bits per heavy atom. The minimum Gasteiger partial charge on any atom is -0.471 e. The van der Waals surface area contributed by atoms with Gasteiger partial charge in [-0.15, -0.1) is 0 Å². The summed E-state index contributed by atoms with van der Waals surface area (Å²) in [4.78, 5) is 15.2. The van der Waals surface area contributed by atoms with Crippen LogP contribution in [0.4, 0.5) is 5.95 Å². The van der Waals surface area contributed by atoms with Crippen LogP contribution in [0, 0.1) is 5.92 Å². The lowest BCUT2D eigenvalue weighted by atomic mass is 9.86. The highest BCUT2D eigenvalue weighted by molar-refractivity contribution is 5.76. The quantitative estimate of drug-likeness (QED) is 0.843. The maximum atomic E-state index is 5.80. The third-order valence-electron chi connectivity index (χ3n) is 3.87. The van der Waals surface area contributed by atoms with Crippen LogP contribution in [0.1, 0.15) is 26.2 Å². The van der Waals surface area contributed by atoms with Gasteiger partial charge in [0.25, 0.3) is 0 Å². The average molecular weight is 285 g/mol. The van der Waals surface area contributed by atoms with Crippen molar-refractivity contribution in [3.8, 4) is 5.88 Å². The standard InChI is InChI=1S/C15H19N5O/c1-9(2)11-5-3-10(4-6-11)7-21-14-12-13(18-8-17-12)19-15(16)20-14/h3,8,11H,1,4-7H2,2H3,(H3,16,17,18,19,20)/t11-/m0/s1. The summed E-state index contributed by atoms with van der Waals surface area (Å²) < 4.78 is 5.80. The Bertz CT molecular complexity index is 703. The van der Waals surface area contributed by atoms with E-state index in [0.717, 1.165) is 19.3 Å². The average Bonchev–Trinajstić information content (AvgIpc) is 2.93. The van der Waals surface area contributed by atoms with Crippen molar-refractivity contribution in [3.63, 3.8) is 0 Å². The largest absolute Gasteiger partial charge is 0.471 e. The second-order valence-corrected chi connectivity index (χ2v) is 5.46. The van der Waals surface area contributed by atoms with E-state index in [1.807, 2.05) is 0 Å². The van der Waals surface area contributed by atoms with Gasteiger partial charge in [0.15, 0.2) is 5.65 Å². The van der Waals surface area contributed by atoms with Gasteiger partial charge >= 0.3 is 0 Å². The molecule has 0 spiro atoms. The highest BCUT2D eigenvalue weighted by Crippen LogP contribution is 2.29. The number of aromatic nitrogens is 4. The Morgan fingerprint density at radius 2 is 2.38 bits per heavy atom. The molecular weight excluding hydrogens is 266 g/mol. The molecule has 2 aromatic heterocycles. The van der Waals surface area contributed by atoms with Crippen molar-refractivity contribution in [2.75, 3.05) is 12.3 Å². The number of imidazole rings is 1. The Labute approximate surface area is 123 Å². The first-order valence-corrected chi connectivity index (χ1v) is 7.06. The third kappa shape index (κ3) is 2.89. The number of hydrogen-bond acceptors (Lipinski definition) is 5. The summed E-state index contributed by atoms with van der Waals surface area (Å²) in [5.41, 5.74) is 9.42. The zero-order valence-corrected chi connectivity index (χ0v) is 12.1. The van der Waals surface area contributed by atoms with E-state index >= 15 is 0 Å². The number of nitrogens with two attached hydrogens (primary N) is 1. The number of allylic oxidation sites excluding steroid dienone is 2. The zero-order valence-electron chi connectivity index (χ0n) is 12.1. The maximum Gasteiger partial charge on any atom is 0.245 e. The van der Waals surface area contributed by atoms with Gasteiger partial charge in [0.2, 0.25) is 11.8 Å². The minimum atomic E-state index is 0.171. The van der Waals surface area contributed by atoms with Crippen molar-refractivity contribution in [1.82, 2.24) is 19.9 Å². The fourth-order valence-corrected chi connectivity index (χ4v) is 2.56. The van der Waals surface area contributed by atoms with E-state index in [-0.39, 0.29) is 5.95 Å². The van der Waals surface area contributed by atoms with Gasteiger partial charge in [-0.3, -0.25) is 0 Å². The van der Waals surface area contributed by atoms with Crippen LogP contribution in [0.2, 0.25) is 0 Å². The first-order chi connectivity index (χ1) is 10.1. The predicted octanol–water partition coefficient (Wildman–Crippen LogP) is 2.62. The zero-order chi connectivity index (χ0) is 14.8. The molecule has 0 unspecified atom stereocenters. The molecule has 0 saturated heterocycles. The van der Waals surface area contributed by atoms with E-state index in [2.05, 4.69) is 39.5 Å². The first-order valence-electron chi connectivity index (χ1n) is 7.06. The number of fused-ring (bicyclic) bond motifs is 1. The van der Waals surface area contributed by atoms with Crippen LogP contribution in [0.5, 0.6) is 5.88 Å². The van der Waals surface area contributed by atoms with Crippen LogP contribution in [-0.4, -0.2) is 26.5 Å². The molecule has 0 amide bonds. The Kier molecular flexibility index (Phi) is 3.60. The molecule has 1 atom stereocenters.